The second-order valence-corrected chi connectivity index (χ2v) is 6.33. The van der Waals surface area contributed by atoms with Crippen LogP contribution in [0.1, 0.15) is 0 Å². The molecule has 2 rings (SSSR count). The molecule has 0 heterocycles. The topological polar surface area (TPSA) is 75.6 Å². The van der Waals surface area contributed by atoms with Gasteiger partial charge in [-0.2, -0.15) is 0 Å². The molecule has 0 saturated heterocycles. The van der Waals surface area contributed by atoms with Crippen LogP contribution in [-0.2, 0) is 9.36 Å². The summed E-state index contributed by atoms with van der Waals surface area (Å²) in [6, 6.07) is 13.0. The zero-order valence-corrected chi connectivity index (χ0v) is 11.3. The molecule has 0 aromatic heterocycles. The van der Waals surface area contributed by atoms with Crippen LogP contribution < -0.4 is 9.61 Å². The Morgan fingerprint density at radius 3 is 2.68 bits per heavy atom. The van der Waals surface area contributed by atoms with Crippen molar-refractivity contribution in [3.8, 4) is 5.75 Å². The zero-order valence-electron chi connectivity index (χ0n) is 10.4. The molecule has 19 heavy (non-hydrogen) atoms. The Morgan fingerprint density at radius 1 is 1.26 bits per heavy atom. The number of carbonyl (C=O) groups is 1. The van der Waals surface area contributed by atoms with Crippen molar-refractivity contribution in [3.05, 3.63) is 42.5 Å². The van der Waals surface area contributed by atoms with Crippen LogP contribution in [0.4, 0.5) is 0 Å². The molecule has 2 aromatic rings. The van der Waals surface area contributed by atoms with Gasteiger partial charge >= 0.3 is 13.5 Å². The Hall–Kier alpha value is -1.84. The number of aliphatic carboxylic acids is 1. The molecule has 5 nitrogen and oxygen atoms in total. The average Bonchev–Trinajstić information content (AvgIpc) is 2.37. The molecule has 0 aliphatic heterocycles. The van der Waals surface area contributed by atoms with Crippen LogP contribution in [0.3, 0.4) is 0 Å². The van der Waals surface area contributed by atoms with Crippen molar-refractivity contribution in [1.82, 2.24) is 5.09 Å². The summed E-state index contributed by atoms with van der Waals surface area (Å²) < 4.78 is 17.6. The largest absolute Gasteiger partial charge is 0.480 e. The summed E-state index contributed by atoms with van der Waals surface area (Å²) in [5.41, 5.74) is 0. The van der Waals surface area contributed by atoms with Gasteiger partial charge in [0.2, 0.25) is 0 Å². The highest BCUT2D eigenvalue weighted by molar-refractivity contribution is 7.56. The van der Waals surface area contributed by atoms with Crippen molar-refractivity contribution in [2.24, 2.45) is 0 Å². The quantitative estimate of drug-likeness (QED) is 0.823. The van der Waals surface area contributed by atoms with E-state index in [1.807, 2.05) is 30.3 Å². The minimum Gasteiger partial charge on any atom is -0.480 e. The molecule has 0 amide bonds. The van der Waals surface area contributed by atoms with Gasteiger partial charge < -0.3 is 9.63 Å². The Labute approximate surface area is 110 Å². The molecule has 0 bridgehead atoms. The van der Waals surface area contributed by atoms with Gasteiger partial charge in [0.25, 0.3) is 0 Å². The van der Waals surface area contributed by atoms with E-state index in [-0.39, 0.29) is 0 Å². The van der Waals surface area contributed by atoms with E-state index < -0.39 is 20.0 Å². The van der Waals surface area contributed by atoms with Crippen molar-refractivity contribution in [3.63, 3.8) is 0 Å². The van der Waals surface area contributed by atoms with Crippen molar-refractivity contribution in [2.75, 3.05) is 13.2 Å². The molecular formula is C13H14NO4P. The maximum atomic E-state index is 12.1. The first-order valence-electron chi connectivity index (χ1n) is 5.70. The van der Waals surface area contributed by atoms with Gasteiger partial charge in [-0.05, 0) is 11.5 Å². The third kappa shape index (κ3) is 3.56. The van der Waals surface area contributed by atoms with Gasteiger partial charge in [-0.3, -0.25) is 9.36 Å². The summed E-state index contributed by atoms with van der Waals surface area (Å²) in [5.74, 6) is -0.606. The second kappa shape index (κ2) is 5.43. The number of nitrogens with one attached hydrogen (secondary N) is 1. The highest BCUT2D eigenvalue weighted by Gasteiger charge is 2.19. The first-order valence-corrected chi connectivity index (χ1v) is 7.77. The van der Waals surface area contributed by atoms with Gasteiger partial charge in [0.1, 0.15) is 12.3 Å². The maximum Gasteiger partial charge on any atom is 0.317 e. The van der Waals surface area contributed by atoms with Crippen molar-refractivity contribution < 1.29 is 19.0 Å². The second-order valence-electron chi connectivity index (χ2n) is 4.14. The van der Waals surface area contributed by atoms with Crippen LogP contribution in [0.25, 0.3) is 10.8 Å². The number of benzene rings is 2. The van der Waals surface area contributed by atoms with E-state index >= 15 is 0 Å². The van der Waals surface area contributed by atoms with Gasteiger partial charge in [0.05, 0.1) is 0 Å². The van der Waals surface area contributed by atoms with Crippen LogP contribution in [0.5, 0.6) is 5.75 Å². The number of rotatable bonds is 5. The lowest BCUT2D eigenvalue weighted by molar-refractivity contribution is -0.135. The number of carboxylic acid groups (broad SMARTS) is 1. The minimum atomic E-state index is -3.20. The molecule has 0 aliphatic carbocycles. The highest BCUT2D eigenvalue weighted by atomic mass is 31.2. The highest BCUT2D eigenvalue weighted by Crippen LogP contribution is 2.41. The molecule has 0 aliphatic rings. The molecule has 0 radical (unpaired) electrons. The molecule has 0 spiro atoms. The number of hydrogen-bond donors (Lipinski definition) is 2. The molecule has 100 valence electrons. The van der Waals surface area contributed by atoms with Gasteiger partial charge in [0, 0.05) is 12.1 Å². The average molecular weight is 279 g/mol. The standard InChI is InChI=1S/C13H14NO4P/c1-19(17,14-9-13(15)16)18-12-8-4-6-10-5-2-3-7-11(10)12/h2-8H,9H2,1H3,(H,14,17)(H,15,16). The van der Waals surface area contributed by atoms with Crippen LogP contribution in [0.2, 0.25) is 0 Å². The van der Waals surface area contributed by atoms with Crippen molar-refractivity contribution >= 4 is 24.3 Å². The molecule has 0 fully saturated rings. The fourth-order valence-electron chi connectivity index (χ4n) is 1.71. The van der Waals surface area contributed by atoms with E-state index in [0.717, 1.165) is 10.8 Å². The summed E-state index contributed by atoms with van der Waals surface area (Å²) >= 11 is 0. The van der Waals surface area contributed by atoms with Gasteiger partial charge in [-0.15, -0.1) is 0 Å². The molecule has 2 N–H and O–H groups in total. The van der Waals surface area contributed by atoms with E-state index in [1.165, 1.54) is 6.66 Å². The molecule has 2 aromatic carbocycles. The molecule has 0 saturated carbocycles. The third-order valence-corrected chi connectivity index (χ3v) is 3.82. The summed E-state index contributed by atoms with van der Waals surface area (Å²) in [6.45, 7) is 0.955. The lowest BCUT2D eigenvalue weighted by Crippen LogP contribution is -2.21. The number of hydrogen-bond acceptors (Lipinski definition) is 3. The summed E-state index contributed by atoms with van der Waals surface area (Å²) in [5, 5.41) is 12.8. The van der Waals surface area contributed by atoms with Crippen LogP contribution in [0, 0.1) is 0 Å². The predicted molar refractivity (Wildman–Crippen MR) is 73.7 cm³/mol. The first-order chi connectivity index (χ1) is 8.98. The van der Waals surface area contributed by atoms with Crippen molar-refractivity contribution in [1.29, 1.82) is 0 Å². The Balaban J connectivity index is 2.26. The van der Waals surface area contributed by atoms with E-state index in [1.54, 1.807) is 12.1 Å². The Kier molecular flexibility index (Phi) is 3.88. The van der Waals surface area contributed by atoms with Crippen LogP contribution in [-0.4, -0.2) is 24.3 Å². The molecular weight excluding hydrogens is 265 g/mol. The monoisotopic (exact) mass is 279 g/mol. The van der Waals surface area contributed by atoms with E-state index in [2.05, 4.69) is 5.09 Å². The van der Waals surface area contributed by atoms with Gasteiger partial charge in [0.15, 0.2) is 0 Å². The summed E-state index contributed by atoms with van der Waals surface area (Å²) in [7, 11) is -3.20. The van der Waals surface area contributed by atoms with E-state index in [0.29, 0.717) is 5.75 Å². The smallest absolute Gasteiger partial charge is 0.317 e. The lowest BCUT2D eigenvalue weighted by atomic mass is 10.1. The first kappa shape index (κ1) is 13.6. The Bertz CT molecular complexity index is 651. The van der Waals surface area contributed by atoms with Crippen molar-refractivity contribution in [2.45, 2.75) is 0 Å². The Morgan fingerprint density at radius 2 is 1.95 bits per heavy atom. The van der Waals surface area contributed by atoms with Gasteiger partial charge in [-0.25, -0.2) is 5.09 Å². The maximum absolute atomic E-state index is 12.1. The predicted octanol–water partition coefficient (Wildman–Crippen LogP) is 2.72. The number of fused-ring (bicyclic) bond motifs is 1. The zero-order chi connectivity index (χ0) is 13.9. The van der Waals surface area contributed by atoms with Crippen LogP contribution >= 0.6 is 7.52 Å². The van der Waals surface area contributed by atoms with E-state index in [4.69, 9.17) is 9.63 Å². The SMILES string of the molecule is CP(=O)(NCC(=O)O)Oc1cccc2ccccc12. The minimum absolute atomic E-state index is 0.404. The number of carboxylic acids is 1. The molecule has 6 heteroatoms. The normalized spacial score (nSPS) is 13.9. The van der Waals surface area contributed by atoms with Gasteiger partial charge in [-0.1, -0.05) is 36.4 Å². The molecule has 1 atom stereocenters. The van der Waals surface area contributed by atoms with E-state index in [9.17, 15) is 9.36 Å². The van der Waals surface area contributed by atoms with Crippen LogP contribution in [0.15, 0.2) is 42.5 Å². The molecule has 1 unspecified atom stereocenters. The summed E-state index contributed by atoms with van der Waals surface area (Å²) in [4.78, 5) is 10.5. The third-order valence-electron chi connectivity index (χ3n) is 2.54. The summed E-state index contributed by atoms with van der Waals surface area (Å²) in [6.07, 6.45) is 0. The lowest BCUT2D eigenvalue weighted by Gasteiger charge is -2.16. The fraction of sp³-hybridized carbons (Fsp3) is 0.154. The fourth-order valence-corrected chi connectivity index (χ4v) is 2.73.